The van der Waals surface area contributed by atoms with Gasteiger partial charge in [-0.2, -0.15) is 0 Å². The molecule has 12 nitrogen and oxygen atoms in total. The summed E-state index contributed by atoms with van der Waals surface area (Å²) in [4.78, 5) is 43.6. The second-order valence-corrected chi connectivity index (χ2v) is 10.1. The van der Waals surface area contributed by atoms with E-state index in [0.29, 0.717) is 56.9 Å². The maximum Gasteiger partial charge on any atom is 0.414 e. The molecule has 3 N–H and O–H groups in total. The molecule has 3 aliphatic heterocycles. The van der Waals surface area contributed by atoms with Crippen LogP contribution in [0, 0.1) is 11.3 Å². The second kappa shape index (κ2) is 12.5. The second-order valence-electron chi connectivity index (χ2n) is 10.1. The highest BCUT2D eigenvalue weighted by atomic mass is 16.6. The lowest BCUT2D eigenvalue weighted by Crippen LogP contribution is -2.51. The number of piperidine rings is 1. The van der Waals surface area contributed by atoms with E-state index in [0.717, 1.165) is 26.2 Å². The van der Waals surface area contributed by atoms with Crippen LogP contribution in [-0.4, -0.2) is 122 Å². The number of benzene rings is 1. The first-order valence-corrected chi connectivity index (χ1v) is 13.2. The number of esters is 1. The maximum absolute atomic E-state index is 12.6. The van der Waals surface area contributed by atoms with E-state index in [-0.39, 0.29) is 30.2 Å². The number of cyclic esters (lactones) is 1. The minimum atomic E-state index is -0.798. The minimum Gasteiger partial charge on any atom is -0.481 e. The number of hydrogen-bond acceptors (Lipinski definition) is 9. The van der Waals surface area contributed by atoms with Gasteiger partial charge in [0.15, 0.2) is 0 Å². The zero-order valence-corrected chi connectivity index (χ0v) is 22.1. The van der Waals surface area contributed by atoms with Crippen molar-refractivity contribution in [1.82, 2.24) is 20.0 Å². The molecular weight excluding hydrogens is 492 g/mol. The Kier molecular flexibility index (Phi) is 9.18. The average Bonchev–Trinajstić information content (AvgIpc) is 3.26. The van der Waals surface area contributed by atoms with E-state index >= 15 is 0 Å². The van der Waals surface area contributed by atoms with Crippen LogP contribution in [0.2, 0.25) is 0 Å². The van der Waals surface area contributed by atoms with E-state index in [1.54, 1.807) is 36.1 Å². The van der Waals surface area contributed by atoms with Crippen molar-refractivity contribution in [2.24, 2.45) is 5.92 Å². The Labute approximate surface area is 222 Å². The summed E-state index contributed by atoms with van der Waals surface area (Å²) >= 11 is 0. The van der Waals surface area contributed by atoms with Crippen LogP contribution >= 0.6 is 0 Å². The van der Waals surface area contributed by atoms with Gasteiger partial charge in [-0.15, -0.1) is 0 Å². The number of likely N-dealkylation sites (tertiary alicyclic amines) is 1. The lowest BCUT2D eigenvalue weighted by molar-refractivity contribution is -0.145. The van der Waals surface area contributed by atoms with E-state index in [9.17, 15) is 19.5 Å². The topological polar surface area (TPSA) is 139 Å². The molecule has 1 amide bonds. The highest BCUT2D eigenvalue weighted by Crippen LogP contribution is 2.24. The first-order chi connectivity index (χ1) is 18.2. The molecule has 3 fully saturated rings. The van der Waals surface area contributed by atoms with Crippen molar-refractivity contribution in [3.63, 3.8) is 0 Å². The summed E-state index contributed by atoms with van der Waals surface area (Å²) in [5, 5.41) is 21.0. The number of aliphatic carboxylic acids is 1. The number of nitrogens with zero attached hydrogens (tertiary/aromatic N) is 4. The van der Waals surface area contributed by atoms with Gasteiger partial charge in [-0.1, -0.05) is 0 Å². The van der Waals surface area contributed by atoms with Crippen LogP contribution in [0.3, 0.4) is 0 Å². The highest BCUT2D eigenvalue weighted by Gasteiger charge is 2.34. The smallest absolute Gasteiger partial charge is 0.414 e. The number of nitrogens with one attached hydrogen (secondary N) is 2. The van der Waals surface area contributed by atoms with E-state index < -0.39 is 11.9 Å². The molecule has 3 saturated heterocycles. The molecule has 12 heteroatoms. The molecule has 1 aromatic rings. The van der Waals surface area contributed by atoms with Gasteiger partial charge >= 0.3 is 18.0 Å². The monoisotopic (exact) mass is 530 g/mol. The van der Waals surface area contributed by atoms with Crippen LogP contribution in [-0.2, 0) is 19.1 Å². The lowest BCUT2D eigenvalue weighted by Gasteiger charge is -2.36. The van der Waals surface area contributed by atoms with Crippen molar-refractivity contribution >= 4 is 29.6 Å². The largest absolute Gasteiger partial charge is 0.481 e. The molecule has 3 unspecified atom stereocenters. The fraction of sp³-hybridized carbons (Fsp3) is 0.615. The molecule has 0 aliphatic carbocycles. The van der Waals surface area contributed by atoms with Gasteiger partial charge in [0, 0.05) is 50.5 Å². The highest BCUT2D eigenvalue weighted by molar-refractivity contribution is 5.97. The molecule has 0 saturated carbocycles. The van der Waals surface area contributed by atoms with Crippen molar-refractivity contribution in [1.29, 1.82) is 5.41 Å². The van der Waals surface area contributed by atoms with Gasteiger partial charge < -0.3 is 19.9 Å². The predicted octanol–water partition coefficient (Wildman–Crippen LogP) is 0.860. The Balaban J connectivity index is 1.25. The zero-order valence-electron chi connectivity index (χ0n) is 22.1. The molecule has 208 valence electrons. The van der Waals surface area contributed by atoms with Gasteiger partial charge in [0.25, 0.3) is 0 Å². The molecule has 1 aromatic carbocycles. The normalized spacial score (nSPS) is 25.2. The standard InChI is InChI=1S/C26H38N6O6/c1-3-37-23(33)17-31-12-10-30(11-13-31)15-21-16-32(26(36)38-21)20-6-4-18(5-7-20)24(27)28-22-14-19(25(34)35)8-9-29(22)2/h4-7,19,21-22H,3,8-17H2,1-2H3,(H2,27,28)(H,34,35). The van der Waals surface area contributed by atoms with E-state index in [1.165, 1.54) is 0 Å². The van der Waals surface area contributed by atoms with Crippen LogP contribution in [0.1, 0.15) is 25.3 Å². The van der Waals surface area contributed by atoms with Crippen LogP contribution in [0.25, 0.3) is 0 Å². The minimum absolute atomic E-state index is 0.202. The van der Waals surface area contributed by atoms with Crippen LogP contribution in [0.4, 0.5) is 10.5 Å². The number of carbonyl (C=O) groups excluding carboxylic acids is 2. The third kappa shape index (κ3) is 7.00. The molecular formula is C26H38N6O6. The number of anilines is 1. The third-order valence-electron chi connectivity index (χ3n) is 7.46. The van der Waals surface area contributed by atoms with E-state index in [1.807, 2.05) is 11.9 Å². The van der Waals surface area contributed by atoms with E-state index in [4.69, 9.17) is 14.9 Å². The summed E-state index contributed by atoms with van der Waals surface area (Å²) in [6.07, 6.45) is 0.180. The van der Waals surface area contributed by atoms with Crippen molar-refractivity contribution in [3.8, 4) is 0 Å². The Bertz CT molecular complexity index is 1010. The predicted molar refractivity (Wildman–Crippen MR) is 140 cm³/mol. The van der Waals surface area contributed by atoms with Gasteiger partial charge in [0.1, 0.15) is 11.9 Å². The number of carboxylic acid groups (broad SMARTS) is 1. The number of amidine groups is 1. The Morgan fingerprint density at radius 2 is 1.82 bits per heavy atom. The summed E-state index contributed by atoms with van der Waals surface area (Å²) in [5.41, 5.74) is 1.36. The van der Waals surface area contributed by atoms with Crippen molar-refractivity contribution in [3.05, 3.63) is 29.8 Å². The van der Waals surface area contributed by atoms with E-state index in [2.05, 4.69) is 15.1 Å². The summed E-state index contributed by atoms with van der Waals surface area (Å²) < 4.78 is 10.6. The molecule has 0 spiro atoms. The number of carbonyl (C=O) groups is 3. The number of carboxylic acids is 1. The molecule has 3 atom stereocenters. The average molecular weight is 531 g/mol. The summed E-state index contributed by atoms with van der Waals surface area (Å²) in [6.45, 7) is 7.33. The van der Waals surface area contributed by atoms with Crippen molar-refractivity contribution in [2.75, 3.05) is 70.9 Å². The first kappa shape index (κ1) is 27.8. The number of amides is 1. The molecule has 4 rings (SSSR count). The number of rotatable bonds is 9. The van der Waals surface area contributed by atoms with Crippen molar-refractivity contribution < 1.29 is 29.0 Å². The van der Waals surface area contributed by atoms with Crippen LogP contribution in [0.15, 0.2) is 24.3 Å². The molecule has 0 aromatic heterocycles. The van der Waals surface area contributed by atoms with Crippen LogP contribution < -0.4 is 10.2 Å². The number of hydrogen-bond donors (Lipinski definition) is 3. The molecule has 3 aliphatic rings. The summed E-state index contributed by atoms with van der Waals surface area (Å²) in [7, 11) is 1.92. The van der Waals surface area contributed by atoms with Gasteiger partial charge in [-0.05, 0) is 51.1 Å². The molecule has 3 heterocycles. The van der Waals surface area contributed by atoms with Gasteiger partial charge in [-0.3, -0.25) is 34.6 Å². The Morgan fingerprint density at radius 3 is 2.47 bits per heavy atom. The van der Waals surface area contributed by atoms with Gasteiger partial charge in [0.05, 0.1) is 31.8 Å². The molecule has 0 bridgehead atoms. The SMILES string of the molecule is CCOC(=O)CN1CCN(CC2CN(c3ccc(C(=N)NC4CC(C(=O)O)CCN4C)cc3)C(=O)O2)CC1. The fourth-order valence-corrected chi connectivity index (χ4v) is 5.17. The molecule has 0 radical (unpaired) electrons. The zero-order chi connectivity index (χ0) is 27.2. The quantitative estimate of drug-likeness (QED) is 0.239. The van der Waals surface area contributed by atoms with Gasteiger partial charge in [0.2, 0.25) is 0 Å². The number of ether oxygens (including phenoxy) is 2. The van der Waals surface area contributed by atoms with Gasteiger partial charge in [-0.25, -0.2) is 4.79 Å². The third-order valence-corrected chi connectivity index (χ3v) is 7.46. The Morgan fingerprint density at radius 1 is 1.13 bits per heavy atom. The lowest BCUT2D eigenvalue weighted by atomic mass is 9.94. The van der Waals surface area contributed by atoms with Crippen LogP contribution in [0.5, 0.6) is 0 Å². The fourth-order valence-electron chi connectivity index (χ4n) is 5.17. The summed E-state index contributed by atoms with van der Waals surface area (Å²) in [5.74, 6) is -1.20. The van der Waals surface area contributed by atoms with Crippen molar-refractivity contribution in [2.45, 2.75) is 32.0 Å². The molecule has 38 heavy (non-hydrogen) atoms. The first-order valence-electron chi connectivity index (χ1n) is 13.2. The Hall–Kier alpha value is -3.22. The number of piperazine rings is 1. The summed E-state index contributed by atoms with van der Waals surface area (Å²) in [6, 6.07) is 7.17. The maximum atomic E-state index is 12.6.